The standard InChI is InChI=1S/C24H27N5O4/c1-23(2,3)32-21(30)29(22(31)33-24(4,5)6)13-16-8-7-15(11-17(16)12-25)19-18-9-10-26-20(18)28-14-27-19/h7-11,14H,13H2,1-6H3,(H,26,27,28). The molecule has 2 amide bonds. The van der Waals surface area contributed by atoms with Crippen molar-refractivity contribution in [3.8, 4) is 17.3 Å². The lowest BCUT2D eigenvalue weighted by molar-refractivity contribution is -0.000255. The molecule has 33 heavy (non-hydrogen) atoms. The van der Waals surface area contributed by atoms with Crippen molar-refractivity contribution in [3.63, 3.8) is 0 Å². The molecule has 0 spiro atoms. The van der Waals surface area contributed by atoms with E-state index in [1.165, 1.54) is 6.33 Å². The van der Waals surface area contributed by atoms with Crippen LogP contribution in [0.5, 0.6) is 0 Å². The van der Waals surface area contributed by atoms with Gasteiger partial charge >= 0.3 is 12.2 Å². The molecule has 0 atom stereocenters. The number of nitrogens with zero attached hydrogens (tertiary/aromatic N) is 4. The van der Waals surface area contributed by atoms with Gasteiger partial charge in [0.25, 0.3) is 0 Å². The van der Waals surface area contributed by atoms with E-state index in [-0.39, 0.29) is 6.54 Å². The van der Waals surface area contributed by atoms with E-state index < -0.39 is 23.4 Å². The first-order chi connectivity index (χ1) is 15.4. The Bertz CT molecular complexity index is 1200. The minimum absolute atomic E-state index is 0.184. The number of imide groups is 1. The van der Waals surface area contributed by atoms with E-state index in [1.807, 2.05) is 6.07 Å². The van der Waals surface area contributed by atoms with Gasteiger partial charge in [0, 0.05) is 17.1 Å². The molecule has 172 valence electrons. The van der Waals surface area contributed by atoms with Crippen LogP contribution in [0, 0.1) is 11.3 Å². The Morgan fingerprint density at radius 2 is 1.67 bits per heavy atom. The summed E-state index contributed by atoms with van der Waals surface area (Å²) in [6, 6.07) is 9.15. The summed E-state index contributed by atoms with van der Waals surface area (Å²) in [7, 11) is 0. The second-order valence-corrected chi connectivity index (χ2v) is 9.49. The minimum Gasteiger partial charge on any atom is -0.443 e. The maximum atomic E-state index is 12.8. The summed E-state index contributed by atoms with van der Waals surface area (Å²) in [6.45, 7) is 10.0. The minimum atomic E-state index is -0.852. The molecule has 0 aliphatic heterocycles. The van der Waals surface area contributed by atoms with Crippen molar-refractivity contribution in [1.82, 2.24) is 19.9 Å². The van der Waals surface area contributed by atoms with E-state index in [0.717, 1.165) is 10.3 Å². The van der Waals surface area contributed by atoms with Crippen molar-refractivity contribution < 1.29 is 19.1 Å². The van der Waals surface area contributed by atoms with Gasteiger partial charge in [-0.1, -0.05) is 12.1 Å². The molecular formula is C24H27N5O4. The summed E-state index contributed by atoms with van der Waals surface area (Å²) in [4.78, 5) is 38.0. The molecule has 0 aliphatic rings. The lowest BCUT2D eigenvalue weighted by Gasteiger charge is -2.28. The molecule has 0 radical (unpaired) electrons. The largest absolute Gasteiger partial charge is 0.443 e. The predicted molar refractivity (Wildman–Crippen MR) is 122 cm³/mol. The van der Waals surface area contributed by atoms with Crippen LogP contribution in [0.1, 0.15) is 52.7 Å². The van der Waals surface area contributed by atoms with Gasteiger partial charge in [-0.3, -0.25) is 0 Å². The molecule has 2 aromatic heterocycles. The van der Waals surface area contributed by atoms with Crippen LogP contribution in [-0.4, -0.2) is 43.2 Å². The van der Waals surface area contributed by atoms with Crippen molar-refractivity contribution in [2.45, 2.75) is 59.3 Å². The molecule has 3 rings (SSSR count). The van der Waals surface area contributed by atoms with Crippen molar-refractivity contribution in [2.24, 2.45) is 0 Å². The number of nitriles is 1. The number of benzene rings is 1. The summed E-state index contributed by atoms with van der Waals surface area (Å²) < 4.78 is 10.8. The summed E-state index contributed by atoms with van der Waals surface area (Å²) >= 11 is 0. The van der Waals surface area contributed by atoms with Crippen molar-refractivity contribution in [2.75, 3.05) is 0 Å². The molecule has 1 N–H and O–H groups in total. The Hall–Kier alpha value is -3.93. The fourth-order valence-electron chi connectivity index (χ4n) is 3.08. The highest BCUT2D eigenvalue weighted by Crippen LogP contribution is 2.27. The van der Waals surface area contributed by atoms with E-state index in [1.54, 1.807) is 65.9 Å². The molecule has 9 heteroatoms. The number of aromatic amines is 1. The van der Waals surface area contributed by atoms with Crippen LogP contribution in [0.2, 0.25) is 0 Å². The van der Waals surface area contributed by atoms with Crippen molar-refractivity contribution in [1.29, 1.82) is 5.26 Å². The van der Waals surface area contributed by atoms with Gasteiger partial charge < -0.3 is 14.5 Å². The Morgan fingerprint density at radius 3 is 2.24 bits per heavy atom. The van der Waals surface area contributed by atoms with E-state index in [2.05, 4.69) is 21.0 Å². The average molecular weight is 450 g/mol. The smallest absolute Gasteiger partial charge is 0.420 e. The summed E-state index contributed by atoms with van der Waals surface area (Å²) in [5, 5.41) is 10.6. The molecular weight excluding hydrogens is 422 g/mol. The monoisotopic (exact) mass is 449 g/mol. The molecule has 9 nitrogen and oxygen atoms in total. The third-order valence-electron chi connectivity index (χ3n) is 4.41. The van der Waals surface area contributed by atoms with Gasteiger partial charge in [-0.05, 0) is 59.2 Å². The van der Waals surface area contributed by atoms with Gasteiger partial charge in [-0.25, -0.2) is 24.5 Å². The highest BCUT2D eigenvalue weighted by Gasteiger charge is 2.32. The van der Waals surface area contributed by atoms with E-state index in [9.17, 15) is 14.9 Å². The van der Waals surface area contributed by atoms with E-state index in [0.29, 0.717) is 28.0 Å². The number of fused-ring (bicyclic) bond motifs is 1. The molecule has 2 heterocycles. The molecule has 0 aliphatic carbocycles. The number of amides is 2. The average Bonchev–Trinajstić information content (AvgIpc) is 3.18. The van der Waals surface area contributed by atoms with Crippen molar-refractivity contribution in [3.05, 3.63) is 47.9 Å². The quantitative estimate of drug-likeness (QED) is 0.585. The number of H-pyrrole nitrogens is 1. The fourth-order valence-corrected chi connectivity index (χ4v) is 3.08. The lowest BCUT2D eigenvalue weighted by Crippen LogP contribution is -2.43. The number of aromatic nitrogens is 3. The van der Waals surface area contributed by atoms with Crippen LogP contribution in [-0.2, 0) is 16.0 Å². The van der Waals surface area contributed by atoms with E-state index in [4.69, 9.17) is 9.47 Å². The third-order valence-corrected chi connectivity index (χ3v) is 4.41. The molecule has 0 saturated carbocycles. The maximum absolute atomic E-state index is 12.8. The molecule has 0 fully saturated rings. The predicted octanol–water partition coefficient (Wildman–Crippen LogP) is 5.17. The Balaban J connectivity index is 1.97. The number of rotatable bonds is 3. The normalized spacial score (nSPS) is 11.7. The third kappa shape index (κ3) is 5.86. The lowest BCUT2D eigenvalue weighted by atomic mass is 10.0. The van der Waals surface area contributed by atoms with Crippen LogP contribution in [0.3, 0.4) is 0 Å². The summed E-state index contributed by atoms with van der Waals surface area (Å²) in [5.74, 6) is 0. The Labute approximate surface area is 192 Å². The number of hydrogen-bond acceptors (Lipinski definition) is 7. The number of nitrogens with one attached hydrogen (secondary N) is 1. The number of ether oxygens (including phenoxy) is 2. The van der Waals surface area contributed by atoms with Gasteiger partial charge in [-0.2, -0.15) is 5.26 Å². The van der Waals surface area contributed by atoms with Crippen LogP contribution in [0.15, 0.2) is 36.8 Å². The zero-order chi connectivity index (χ0) is 24.4. The molecule has 0 bridgehead atoms. The van der Waals surface area contributed by atoms with Gasteiger partial charge in [0.05, 0.1) is 23.9 Å². The number of hydrogen-bond donors (Lipinski definition) is 1. The topological polar surface area (TPSA) is 121 Å². The maximum Gasteiger partial charge on any atom is 0.420 e. The van der Waals surface area contributed by atoms with Gasteiger partial charge in [0.15, 0.2) is 0 Å². The highest BCUT2D eigenvalue weighted by molar-refractivity contribution is 5.91. The molecule has 0 unspecified atom stereocenters. The van der Waals surface area contributed by atoms with Crippen LogP contribution in [0.4, 0.5) is 9.59 Å². The summed E-state index contributed by atoms with van der Waals surface area (Å²) in [5.41, 5.74) is 1.21. The zero-order valence-electron chi connectivity index (χ0n) is 19.6. The first-order valence-corrected chi connectivity index (χ1v) is 10.4. The SMILES string of the molecule is CC(C)(C)OC(=O)N(Cc1ccc(-c2ncnc3[nH]ccc23)cc1C#N)C(=O)OC(C)(C)C. The molecule has 3 aromatic rings. The molecule has 0 saturated heterocycles. The van der Waals surface area contributed by atoms with E-state index >= 15 is 0 Å². The Kier molecular flexibility index (Phi) is 6.40. The summed E-state index contributed by atoms with van der Waals surface area (Å²) in [6.07, 6.45) is 1.51. The number of carbonyl (C=O) groups excluding carboxylic acids is 2. The second kappa shape index (κ2) is 8.90. The second-order valence-electron chi connectivity index (χ2n) is 9.49. The fraction of sp³-hybridized carbons (Fsp3) is 0.375. The zero-order valence-corrected chi connectivity index (χ0v) is 19.6. The highest BCUT2D eigenvalue weighted by atomic mass is 16.6. The first-order valence-electron chi connectivity index (χ1n) is 10.4. The first kappa shape index (κ1) is 23.7. The van der Waals surface area contributed by atoms with Gasteiger partial charge in [0.1, 0.15) is 23.2 Å². The van der Waals surface area contributed by atoms with Crippen LogP contribution in [0.25, 0.3) is 22.3 Å². The van der Waals surface area contributed by atoms with Gasteiger partial charge in [0.2, 0.25) is 0 Å². The van der Waals surface area contributed by atoms with Crippen LogP contribution >= 0.6 is 0 Å². The molecule has 1 aromatic carbocycles. The number of carbonyl (C=O) groups is 2. The van der Waals surface area contributed by atoms with Crippen molar-refractivity contribution >= 4 is 23.2 Å². The van der Waals surface area contributed by atoms with Crippen LogP contribution < -0.4 is 0 Å². The Morgan fingerprint density at radius 1 is 1.03 bits per heavy atom. The van der Waals surface area contributed by atoms with Gasteiger partial charge in [-0.15, -0.1) is 0 Å².